The number of amides is 1. The molecule has 0 heterocycles. The van der Waals surface area contributed by atoms with Crippen molar-refractivity contribution in [2.24, 2.45) is 11.7 Å². The van der Waals surface area contributed by atoms with Crippen molar-refractivity contribution in [1.29, 1.82) is 0 Å². The quantitative estimate of drug-likeness (QED) is 0.421. The lowest BCUT2D eigenvalue weighted by molar-refractivity contribution is -0.141. The number of nitrogens with one attached hydrogen (secondary N) is 1. The van der Waals surface area contributed by atoms with Gasteiger partial charge >= 0.3 is 5.97 Å². The molecule has 0 aliphatic rings. The normalized spacial score (nSPS) is 13.5. The van der Waals surface area contributed by atoms with Crippen LogP contribution >= 0.6 is 0 Å². The molecule has 2 atom stereocenters. The van der Waals surface area contributed by atoms with Crippen molar-refractivity contribution in [2.45, 2.75) is 38.6 Å². The molecule has 5 heteroatoms. The SMILES string of the molecule is C#CC[C@H](N)C(=O)NCCCC[C@H](C)C(=O)O. The van der Waals surface area contributed by atoms with Gasteiger partial charge in [0.25, 0.3) is 0 Å². The van der Waals surface area contributed by atoms with E-state index in [2.05, 4.69) is 11.2 Å². The average molecular weight is 240 g/mol. The summed E-state index contributed by atoms with van der Waals surface area (Å²) < 4.78 is 0. The van der Waals surface area contributed by atoms with Crippen LogP contribution in [0.4, 0.5) is 0 Å². The number of aliphatic carboxylic acids is 1. The third kappa shape index (κ3) is 7.36. The Morgan fingerprint density at radius 3 is 2.65 bits per heavy atom. The van der Waals surface area contributed by atoms with Crippen molar-refractivity contribution in [3.8, 4) is 12.3 Å². The molecule has 0 unspecified atom stereocenters. The highest BCUT2D eigenvalue weighted by atomic mass is 16.4. The predicted octanol–water partition coefficient (Wildman–Crippen LogP) is 0.344. The molecule has 0 rings (SSSR count). The first-order chi connectivity index (χ1) is 7.99. The van der Waals surface area contributed by atoms with Crippen molar-refractivity contribution < 1.29 is 14.7 Å². The van der Waals surface area contributed by atoms with Gasteiger partial charge in [0.2, 0.25) is 5.91 Å². The molecule has 0 bridgehead atoms. The molecular formula is C12H20N2O3. The van der Waals surface area contributed by atoms with E-state index in [0.717, 1.165) is 12.8 Å². The van der Waals surface area contributed by atoms with Crippen molar-refractivity contribution in [1.82, 2.24) is 5.32 Å². The third-order valence-electron chi connectivity index (χ3n) is 2.46. The second-order valence-corrected chi connectivity index (χ2v) is 4.04. The Balaban J connectivity index is 3.55. The Labute approximate surface area is 102 Å². The topological polar surface area (TPSA) is 92.4 Å². The van der Waals surface area contributed by atoms with Crippen LogP contribution in [0, 0.1) is 18.3 Å². The van der Waals surface area contributed by atoms with E-state index < -0.39 is 12.0 Å². The van der Waals surface area contributed by atoms with E-state index >= 15 is 0 Å². The average Bonchev–Trinajstić information content (AvgIpc) is 2.28. The Hall–Kier alpha value is -1.54. The zero-order valence-corrected chi connectivity index (χ0v) is 10.1. The van der Waals surface area contributed by atoms with Gasteiger partial charge in [0.05, 0.1) is 12.0 Å². The summed E-state index contributed by atoms with van der Waals surface area (Å²) in [6, 6.07) is -0.655. The number of hydrogen-bond acceptors (Lipinski definition) is 3. The van der Waals surface area contributed by atoms with Crippen LogP contribution in [-0.4, -0.2) is 29.6 Å². The molecule has 0 aromatic rings. The van der Waals surface area contributed by atoms with E-state index in [1.54, 1.807) is 6.92 Å². The Morgan fingerprint density at radius 1 is 1.47 bits per heavy atom. The van der Waals surface area contributed by atoms with Crippen LogP contribution in [0.1, 0.15) is 32.6 Å². The molecule has 0 saturated carbocycles. The molecule has 1 amide bonds. The van der Waals surface area contributed by atoms with Gasteiger partial charge in [0, 0.05) is 13.0 Å². The maximum absolute atomic E-state index is 11.3. The summed E-state index contributed by atoms with van der Waals surface area (Å²) in [4.78, 5) is 21.8. The molecule has 5 nitrogen and oxygen atoms in total. The van der Waals surface area contributed by atoms with Gasteiger partial charge in [0.15, 0.2) is 0 Å². The lowest BCUT2D eigenvalue weighted by Crippen LogP contribution is -2.40. The number of carboxylic acids is 1. The van der Waals surface area contributed by atoms with Crippen molar-refractivity contribution in [3.63, 3.8) is 0 Å². The maximum atomic E-state index is 11.3. The molecule has 0 aliphatic heterocycles. The molecule has 0 spiro atoms. The second-order valence-electron chi connectivity index (χ2n) is 4.04. The molecule has 0 aromatic carbocycles. The first kappa shape index (κ1) is 15.5. The van der Waals surface area contributed by atoms with Gasteiger partial charge in [-0.3, -0.25) is 9.59 Å². The summed E-state index contributed by atoms with van der Waals surface area (Å²) >= 11 is 0. The summed E-state index contributed by atoms with van der Waals surface area (Å²) in [7, 11) is 0. The zero-order valence-electron chi connectivity index (χ0n) is 10.1. The standard InChI is InChI=1S/C12H20N2O3/c1-3-6-10(13)11(15)14-8-5-4-7-9(2)12(16)17/h1,9-10H,4-8,13H2,2H3,(H,14,15)(H,16,17)/t9-,10-/m0/s1. The highest BCUT2D eigenvalue weighted by Crippen LogP contribution is 2.06. The van der Waals surface area contributed by atoms with Crippen LogP contribution in [0.5, 0.6) is 0 Å². The number of nitrogens with two attached hydrogens (primary N) is 1. The predicted molar refractivity (Wildman–Crippen MR) is 65.1 cm³/mol. The summed E-state index contributed by atoms with van der Waals surface area (Å²) in [5.41, 5.74) is 5.50. The summed E-state index contributed by atoms with van der Waals surface area (Å²) in [5.74, 6) is 0.945. The van der Waals surface area contributed by atoms with E-state index in [0.29, 0.717) is 13.0 Å². The Morgan fingerprint density at radius 2 is 2.12 bits per heavy atom. The largest absolute Gasteiger partial charge is 0.481 e. The Bertz CT molecular complexity index is 297. The van der Waals surface area contributed by atoms with E-state index in [-0.39, 0.29) is 18.2 Å². The summed E-state index contributed by atoms with van der Waals surface area (Å²) in [6.45, 7) is 2.17. The van der Waals surface area contributed by atoms with E-state index in [9.17, 15) is 9.59 Å². The summed E-state index contributed by atoms with van der Waals surface area (Å²) in [5, 5.41) is 11.3. The fourth-order valence-electron chi connectivity index (χ4n) is 1.26. The fraction of sp³-hybridized carbons (Fsp3) is 0.667. The number of rotatable bonds is 8. The minimum Gasteiger partial charge on any atom is -0.481 e. The van der Waals surface area contributed by atoms with E-state index in [1.165, 1.54) is 0 Å². The molecule has 4 N–H and O–H groups in total. The molecule has 0 saturated heterocycles. The van der Waals surface area contributed by atoms with Crippen molar-refractivity contribution in [2.75, 3.05) is 6.54 Å². The van der Waals surface area contributed by atoms with Gasteiger partial charge in [-0.1, -0.05) is 13.3 Å². The summed E-state index contributed by atoms with van der Waals surface area (Å²) in [6.07, 6.45) is 7.38. The lowest BCUT2D eigenvalue weighted by Gasteiger charge is -2.10. The molecule has 96 valence electrons. The van der Waals surface area contributed by atoms with Crippen LogP contribution in [0.15, 0.2) is 0 Å². The van der Waals surface area contributed by atoms with Gasteiger partial charge < -0.3 is 16.2 Å². The zero-order chi connectivity index (χ0) is 13.3. The highest BCUT2D eigenvalue weighted by molar-refractivity contribution is 5.81. The van der Waals surface area contributed by atoms with Gasteiger partial charge in [-0.2, -0.15) is 0 Å². The van der Waals surface area contributed by atoms with Crippen molar-refractivity contribution >= 4 is 11.9 Å². The first-order valence-electron chi connectivity index (χ1n) is 5.68. The molecule has 0 radical (unpaired) electrons. The van der Waals surface area contributed by atoms with E-state index in [4.69, 9.17) is 17.3 Å². The number of unbranched alkanes of at least 4 members (excludes halogenated alkanes) is 1. The van der Waals surface area contributed by atoms with Crippen LogP contribution < -0.4 is 11.1 Å². The Kier molecular flexibility index (Phi) is 7.82. The number of terminal acetylenes is 1. The highest BCUT2D eigenvalue weighted by Gasteiger charge is 2.12. The monoisotopic (exact) mass is 240 g/mol. The van der Waals surface area contributed by atoms with Crippen LogP contribution in [0.3, 0.4) is 0 Å². The van der Waals surface area contributed by atoms with Crippen LogP contribution in [0.2, 0.25) is 0 Å². The van der Waals surface area contributed by atoms with Crippen LogP contribution in [-0.2, 0) is 9.59 Å². The minimum atomic E-state index is -0.787. The number of hydrogen-bond donors (Lipinski definition) is 3. The molecular weight excluding hydrogens is 220 g/mol. The third-order valence-corrected chi connectivity index (χ3v) is 2.46. The van der Waals surface area contributed by atoms with Crippen molar-refractivity contribution in [3.05, 3.63) is 0 Å². The van der Waals surface area contributed by atoms with Crippen LogP contribution in [0.25, 0.3) is 0 Å². The molecule has 17 heavy (non-hydrogen) atoms. The van der Waals surface area contributed by atoms with Gasteiger partial charge in [-0.05, 0) is 12.8 Å². The number of carboxylic acid groups (broad SMARTS) is 1. The van der Waals surface area contributed by atoms with E-state index in [1.807, 2.05) is 0 Å². The molecule has 0 aromatic heterocycles. The second kappa shape index (κ2) is 8.59. The minimum absolute atomic E-state index is 0.224. The molecule has 0 fully saturated rings. The van der Waals surface area contributed by atoms with Gasteiger partial charge in [-0.15, -0.1) is 12.3 Å². The molecule has 0 aliphatic carbocycles. The fourth-order valence-corrected chi connectivity index (χ4v) is 1.26. The lowest BCUT2D eigenvalue weighted by atomic mass is 10.0. The maximum Gasteiger partial charge on any atom is 0.306 e. The first-order valence-corrected chi connectivity index (χ1v) is 5.68. The number of carbonyl (C=O) groups excluding carboxylic acids is 1. The van der Waals surface area contributed by atoms with Gasteiger partial charge in [-0.25, -0.2) is 0 Å². The van der Waals surface area contributed by atoms with Gasteiger partial charge in [0.1, 0.15) is 0 Å². The smallest absolute Gasteiger partial charge is 0.306 e. The number of carbonyl (C=O) groups is 2.